The summed E-state index contributed by atoms with van der Waals surface area (Å²) >= 11 is 0. The fourth-order valence-electron chi connectivity index (χ4n) is 6.35. The summed E-state index contributed by atoms with van der Waals surface area (Å²) in [7, 11) is 0. The van der Waals surface area contributed by atoms with Crippen LogP contribution in [0.1, 0.15) is 22.3 Å². The molecule has 190 valence electrons. The first-order valence-corrected chi connectivity index (χ1v) is 13.9. The molecule has 2 aliphatic rings. The maximum Gasteiger partial charge on any atom is 0.0426 e. The van der Waals surface area contributed by atoms with Crippen molar-refractivity contribution in [2.75, 3.05) is 10.6 Å². The normalized spacial score (nSPS) is 12.3. The molecule has 0 heterocycles. The Labute approximate surface area is 235 Å². The second kappa shape index (κ2) is 9.29. The van der Waals surface area contributed by atoms with Gasteiger partial charge in [0.05, 0.1) is 0 Å². The first-order chi connectivity index (χ1) is 19.8. The Hall–Kier alpha value is -5.08. The van der Waals surface area contributed by atoms with Crippen molar-refractivity contribution >= 4 is 22.7 Å². The molecule has 40 heavy (non-hydrogen) atoms. The summed E-state index contributed by atoms with van der Waals surface area (Å²) in [6.45, 7) is 0. The van der Waals surface area contributed by atoms with Crippen LogP contribution in [-0.2, 0) is 12.8 Å². The van der Waals surface area contributed by atoms with Gasteiger partial charge in [0.2, 0.25) is 0 Å². The van der Waals surface area contributed by atoms with E-state index in [1.807, 2.05) is 0 Å². The topological polar surface area (TPSA) is 24.1 Å². The standard InChI is InChI=1S/C38H28N2/c1-3-9-31-27(7-1)23-35-33(31)11-5-13-37(35)39-29-19-15-25(16-20-29)26-17-21-30(22-18-26)40-38-14-6-12-34-32-10-4-2-8-28(32)24-36(34)38/h1-22,39-40H,23-24H2. The molecule has 0 atom stereocenters. The Morgan fingerprint density at radius 3 is 1.20 bits per heavy atom. The van der Waals surface area contributed by atoms with E-state index >= 15 is 0 Å². The average Bonchev–Trinajstić information content (AvgIpc) is 3.58. The summed E-state index contributed by atoms with van der Waals surface area (Å²) in [5, 5.41) is 7.34. The van der Waals surface area contributed by atoms with Gasteiger partial charge in [-0.15, -0.1) is 0 Å². The summed E-state index contributed by atoms with van der Waals surface area (Å²) < 4.78 is 0. The van der Waals surface area contributed by atoms with Crippen molar-refractivity contribution < 1.29 is 0 Å². The SMILES string of the molecule is c1ccc2c(c1)Cc1c(Nc3ccc(-c4ccc(Nc5cccc6c5Cc5ccccc5-6)cc4)cc3)cccc1-2. The van der Waals surface area contributed by atoms with Crippen LogP contribution in [0.25, 0.3) is 33.4 Å². The molecule has 0 aliphatic heterocycles. The number of anilines is 4. The van der Waals surface area contributed by atoms with E-state index in [-0.39, 0.29) is 0 Å². The molecule has 2 N–H and O–H groups in total. The molecular formula is C38H28N2. The van der Waals surface area contributed by atoms with Gasteiger partial charge in [0.1, 0.15) is 0 Å². The highest BCUT2D eigenvalue weighted by molar-refractivity contribution is 5.85. The van der Waals surface area contributed by atoms with Gasteiger partial charge in [0.15, 0.2) is 0 Å². The largest absolute Gasteiger partial charge is 0.355 e. The molecule has 0 amide bonds. The number of fused-ring (bicyclic) bond motifs is 6. The lowest BCUT2D eigenvalue weighted by atomic mass is 10.0. The Morgan fingerprint density at radius 2 is 0.750 bits per heavy atom. The molecule has 0 unspecified atom stereocenters. The lowest BCUT2D eigenvalue weighted by molar-refractivity contribution is 1.26. The minimum atomic E-state index is 0.978. The van der Waals surface area contributed by atoms with Crippen molar-refractivity contribution in [1.82, 2.24) is 0 Å². The molecule has 0 radical (unpaired) electrons. The number of hydrogen-bond acceptors (Lipinski definition) is 2. The van der Waals surface area contributed by atoms with E-state index in [0.29, 0.717) is 0 Å². The highest BCUT2D eigenvalue weighted by atomic mass is 14.9. The number of rotatable bonds is 5. The zero-order valence-corrected chi connectivity index (χ0v) is 22.1. The number of benzene rings is 6. The van der Waals surface area contributed by atoms with Crippen molar-refractivity contribution in [2.45, 2.75) is 12.8 Å². The van der Waals surface area contributed by atoms with E-state index in [0.717, 1.165) is 24.2 Å². The average molecular weight is 513 g/mol. The molecule has 2 nitrogen and oxygen atoms in total. The van der Waals surface area contributed by atoms with E-state index in [2.05, 4.69) is 144 Å². The predicted octanol–water partition coefficient (Wildman–Crippen LogP) is 9.98. The molecule has 6 aromatic rings. The highest BCUT2D eigenvalue weighted by Gasteiger charge is 2.21. The molecule has 6 aromatic carbocycles. The van der Waals surface area contributed by atoms with Gasteiger partial charge in [0.25, 0.3) is 0 Å². The smallest absolute Gasteiger partial charge is 0.0426 e. The predicted molar refractivity (Wildman–Crippen MR) is 168 cm³/mol. The summed E-state index contributed by atoms with van der Waals surface area (Å²) in [5.74, 6) is 0. The van der Waals surface area contributed by atoms with E-state index in [1.165, 1.54) is 67.0 Å². The minimum absolute atomic E-state index is 0.978. The first-order valence-electron chi connectivity index (χ1n) is 13.9. The molecule has 0 fully saturated rings. The highest BCUT2D eigenvalue weighted by Crippen LogP contribution is 2.42. The fraction of sp³-hybridized carbons (Fsp3) is 0.0526. The zero-order chi connectivity index (χ0) is 26.5. The number of nitrogens with one attached hydrogen (secondary N) is 2. The number of hydrogen-bond donors (Lipinski definition) is 2. The van der Waals surface area contributed by atoms with Crippen LogP contribution >= 0.6 is 0 Å². The Bertz CT molecular complexity index is 1740. The van der Waals surface area contributed by atoms with E-state index in [4.69, 9.17) is 0 Å². The molecule has 2 aliphatic carbocycles. The van der Waals surface area contributed by atoms with Gasteiger partial charge < -0.3 is 10.6 Å². The van der Waals surface area contributed by atoms with Gasteiger partial charge >= 0.3 is 0 Å². The summed E-state index contributed by atoms with van der Waals surface area (Å²) in [4.78, 5) is 0. The third kappa shape index (κ3) is 3.88. The van der Waals surface area contributed by atoms with Crippen LogP contribution in [0.2, 0.25) is 0 Å². The van der Waals surface area contributed by atoms with Crippen molar-refractivity contribution in [3.63, 3.8) is 0 Å². The molecule has 0 bridgehead atoms. The van der Waals surface area contributed by atoms with E-state index < -0.39 is 0 Å². The first kappa shape index (κ1) is 22.9. The summed E-state index contributed by atoms with van der Waals surface area (Å²) in [6.07, 6.45) is 1.96. The van der Waals surface area contributed by atoms with Crippen molar-refractivity contribution in [3.8, 4) is 33.4 Å². The van der Waals surface area contributed by atoms with Crippen LogP contribution in [0.3, 0.4) is 0 Å². The Kier molecular flexibility index (Phi) is 5.31. The van der Waals surface area contributed by atoms with Crippen LogP contribution in [0.4, 0.5) is 22.7 Å². The molecule has 0 saturated carbocycles. The van der Waals surface area contributed by atoms with Gasteiger partial charge in [-0.25, -0.2) is 0 Å². The van der Waals surface area contributed by atoms with Crippen molar-refractivity contribution in [1.29, 1.82) is 0 Å². The van der Waals surface area contributed by atoms with E-state index in [9.17, 15) is 0 Å². The lowest BCUT2D eigenvalue weighted by Crippen LogP contribution is -1.96. The molecule has 8 rings (SSSR count). The maximum atomic E-state index is 3.67. The Balaban J connectivity index is 0.988. The van der Waals surface area contributed by atoms with Gasteiger partial charge in [-0.3, -0.25) is 0 Å². The molecular weight excluding hydrogens is 484 g/mol. The monoisotopic (exact) mass is 512 g/mol. The van der Waals surface area contributed by atoms with Gasteiger partial charge in [-0.05, 0) is 92.0 Å². The fourth-order valence-corrected chi connectivity index (χ4v) is 6.35. The van der Waals surface area contributed by atoms with E-state index in [1.54, 1.807) is 0 Å². The minimum Gasteiger partial charge on any atom is -0.355 e. The Morgan fingerprint density at radius 1 is 0.350 bits per heavy atom. The van der Waals surface area contributed by atoms with Crippen LogP contribution in [0, 0.1) is 0 Å². The van der Waals surface area contributed by atoms with Crippen molar-refractivity contribution in [3.05, 3.63) is 156 Å². The quantitative estimate of drug-likeness (QED) is 0.240. The molecule has 0 saturated heterocycles. The maximum absolute atomic E-state index is 3.67. The second-order valence-electron chi connectivity index (χ2n) is 10.7. The lowest BCUT2D eigenvalue weighted by Gasteiger charge is -2.13. The van der Waals surface area contributed by atoms with Crippen LogP contribution in [0.15, 0.2) is 133 Å². The van der Waals surface area contributed by atoms with Crippen LogP contribution < -0.4 is 10.6 Å². The molecule has 0 aromatic heterocycles. The second-order valence-corrected chi connectivity index (χ2v) is 10.7. The third-order valence-corrected chi connectivity index (χ3v) is 8.36. The van der Waals surface area contributed by atoms with Crippen molar-refractivity contribution in [2.24, 2.45) is 0 Å². The summed E-state index contributed by atoms with van der Waals surface area (Å²) in [6, 6.07) is 48.1. The van der Waals surface area contributed by atoms with Crippen LogP contribution in [0.5, 0.6) is 0 Å². The van der Waals surface area contributed by atoms with Gasteiger partial charge in [-0.2, -0.15) is 0 Å². The van der Waals surface area contributed by atoms with Gasteiger partial charge in [0, 0.05) is 35.6 Å². The van der Waals surface area contributed by atoms with Gasteiger partial charge in [-0.1, -0.05) is 97.1 Å². The van der Waals surface area contributed by atoms with Crippen LogP contribution in [-0.4, -0.2) is 0 Å². The zero-order valence-electron chi connectivity index (χ0n) is 22.1. The summed E-state index contributed by atoms with van der Waals surface area (Å²) in [5.41, 5.74) is 18.0. The molecule has 0 spiro atoms. The molecule has 2 heteroatoms. The third-order valence-electron chi connectivity index (χ3n) is 8.36.